The van der Waals surface area contributed by atoms with Crippen LogP contribution in [0.25, 0.3) is 21.8 Å². The second kappa shape index (κ2) is 8.12. The van der Waals surface area contributed by atoms with E-state index in [-0.39, 0.29) is 5.04 Å². The van der Waals surface area contributed by atoms with Crippen molar-refractivity contribution < 1.29 is 4.43 Å². The zero-order valence-electron chi connectivity index (χ0n) is 19.3. The fourth-order valence-electron chi connectivity index (χ4n) is 3.83. The number of hydrogen-bond donors (Lipinski definition) is 0. The minimum absolute atomic E-state index is 0.234. The number of aryl methyl sites for hydroxylation is 1. The molecule has 0 aliphatic rings. The fourth-order valence-corrected chi connectivity index (χ4v) is 4.83. The predicted octanol–water partition coefficient (Wildman–Crippen LogP) is 7.89. The maximum atomic E-state index is 6.37. The molecule has 0 radical (unpaired) electrons. The number of benzene rings is 2. The average Bonchev–Trinajstić information content (AvgIpc) is 2.98. The molecule has 0 aliphatic carbocycles. The Morgan fingerprint density at radius 3 is 2.38 bits per heavy atom. The molecule has 0 saturated heterocycles. The van der Waals surface area contributed by atoms with Crippen LogP contribution >= 0.6 is 0 Å². The summed E-state index contributed by atoms with van der Waals surface area (Å²) in [6.45, 7) is 22.0. The number of hydrogen-bond acceptors (Lipinski definition) is 1. The molecule has 1 aromatic heterocycles. The van der Waals surface area contributed by atoms with Gasteiger partial charge in [-0.25, -0.2) is 0 Å². The lowest BCUT2D eigenvalue weighted by Gasteiger charge is -2.36. The van der Waals surface area contributed by atoms with Crippen molar-refractivity contribution in [2.75, 3.05) is 6.61 Å². The number of aromatic nitrogens is 1. The Morgan fingerprint density at radius 1 is 1.07 bits per heavy atom. The molecule has 1 atom stereocenters. The molecule has 0 aliphatic heterocycles. The SMILES string of the molecule is C=C(CO[Si](C)(C)C(C)(C)C)C[C@@H](C)c1ccc2c(c1)c1ccccc1n2CC. The first-order valence-corrected chi connectivity index (χ1v) is 13.8. The van der Waals surface area contributed by atoms with Gasteiger partial charge in [0.2, 0.25) is 0 Å². The third-order valence-electron chi connectivity index (χ3n) is 6.72. The first-order chi connectivity index (χ1) is 13.5. The fraction of sp³-hybridized carbons (Fsp3) is 0.462. The van der Waals surface area contributed by atoms with Gasteiger partial charge in [0.1, 0.15) is 0 Å². The number of nitrogens with zero attached hydrogens (tertiary/aromatic N) is 1. The Morgan fingerprint density at radius 2 is 1.72 bits per heavy atom. The highest BCUT2D eigenvalue weighted by molar-refractivity contribution is 6.74. The van der Waals surface area contributed by atoms with Crippen LogP contribution in [0.2, 0.25) is 18.1 Å². The number of fused-ring (bicyclic) bond motifs is 3. The van der Waals surface area contributed by atoms with E-state index in [9.17, 15) is 0 Å². The first-order valence-electron chi connectivity index (χ1n) is 10.9. The van der Waals surface area contributed by atoms with E-state index >= 15 is 0 Å². The summed E-state index contributed by atoms with van der Waals surface area (Å²) in [6, 6.07) is 15.7. The van der Waals surface area contributed by atoms with Gasteiger partial charge >= 0.3 is 0 Å². The van der Waals surface area contributed by atoms with Gasteiger partial charge in [-0.05, 0) is 61.2 Å². The van der Waals surface area contributed by atoms with Crippen LogP contribution in [-0.2, 0) is 11.0 Å². The Bertz CT molecular complexity index is 1020. The molecular formula is C26H37NOSi. The van der Waals surface area contributed by atoms with Crippen molar-refractivity contribution in [3.63, 3.8) is 0 Å². The summed E-state index contributed by atoms with van der Waals surface area (Å²) in [4.78, 5) is 0. The second-order valence-electron chi connectivity index (χ2n) is 9.94. The van der Waals surface area contributed by atoms with E-state index in [1.54, 1.807) is 0 Å². The van der Waals surface area contributed by atoms with Crippen molar-refractivity contribution in [3.05, 3.63) is 60.2 Å². The van der Waals surface area contributed by atoms with Gasteiger partial charge in [-0.15, -0.1) is 0 Å². The summed E-state index contributed by atoms with van der Waals surface area (Å²) in [5.41, 5.74) is 5.22. The molecule has 2 aromatic carbocycles. The molecule has 3 heteroatoms. The van der Waals surface area contributed by atoms with E-state index < -0.39 is 8.32 Å². The summed E-state index contributed by atoms with van der Waals surface area (Å²) >= 11 is 0. The Hall–Kier alpha value is -1.84. The predicted molar refractivity (Wildman–Crippen MR) is 130 cm³/mol. The van der Waals surface area contributed by atoms with Crippen LogP contribution in [-0.4, -0.2) is 19.5 Å². The molecular weight excluding hydrogens is 370 g/mol. The highest BCUT2D eigenvalue weighted by Crippen LogP contribution is 2.37. The molecule has 1 heterocycles. The molecule has 156 valence electrons. The summed E-state index contributed by atoms with van der Waals surface area (Å²) in [5.74, 6) is 0.429. The smallest absolute Gasteiger partial charge is 0.192 e. The topological polar surface area (TPSA) is 14.2 Å². The highest BCUT2D eigenvalue weighted by Gasteiger charge is 2.37. The van der Waals surface area contributed by atoms with Crippen LogP contribution < -0.4 is 0 Å². The van der Waals surface area contributed by atoms with Crippen LogP contribution in [0.3, 0.4) is 0 Å². The summed E-state index contributed by atoms with van der Waals surface area (Å²) < 4.78 is 8.78. The van der Waals surface area contributed by atoms with Crippen molar-refractivity contribution in [2.45, 2.75) is 71.6 Å². The van der Waals surface area contributed by atoms with E-state index in [0.29, 0.717) is 12.5 Å². The molecule has 3 rings (SSSR count). The molecule has 0 bridgehead atoms. The van der Waals surface area contributed by atoms with Crippen LogP contribution in [0, 0.1) is 0 Å². The zero-order chi connectivity index (χ0) is 21.4. The van der Waals surface area contributed by atoms with Crippen molar-refractivity contribution in [3.8, 4) is 0 Å². The van der Waals surface area contributed by atoms with Crippen molar-refractivity contribution >= 4 is 30.1 Å². The Balaban J connectivity index is 1.78. The quantitative estimate of drug-likeness (QED) is 0.287. The summed E-state index contributed by atoms with van der Waals surface area (Å²) in [5, 5.41) is 2.94. The van der Waals surface area contributed by atoms with Gasteiger partial charge in [0.05, 0.1) is 6.61 Å². The van der Waals surface area contributed by atoms with Crippen LogP contribution in [0.5, 0.6) is 0 Å². The highest BCUT2D eigenvalue weighted by atomic mass is 28.4. The molecule has 0 fully saturated rings. The van der Waals surface area contributed by atoms with Gasteiger partial charge in [0.25, 0.3) is 0 Å². The van der Waals surface area contributed by atoms with Crippen LogP contribution in [0.4, 0.5) is 0 Å². The van der Waals surface area contributed by atoms with Gasteiger partial charge in [-0.1, -0.05) is 64.1 Å². The van der Waals surface area contributed by atoms with Gasteiger partial charge in [0, 0.05) is 28.4 Å². The third kappa shape index (κ3) is 4.36. The van der Waals surface area contributed by atoms with E-state index in [4.69, 9.17) is 4.43 Å². The van der Waals surface area contributed by atoms with Crippen molar-refractivity contribution in [1.29, 1.82) is 0 Å². The van der Waals surface area contributed by atoms with Gasteiger partial charge in [0.15, 0.2) is 8.32 Å². The Kier molecular flexibility index (Phi) is 6.12. The van der Waals surface area contributed by atoms with Crippen LogP contribution in [0.15, 0.2) is 54.6 Å². The number of rotatable bonds is 7. The zero-order valence-corrected chi connectivity index (χ0v) is 20.3. The lowest BCUT2D eigenvalue weighted by molar-refractivity contribution is 0.313. The Labute approximate surface area is 177 Å². The van der Waals surface area contributed by atoms with E-state index in [2.05, 4.69) is 101 Å². The molecule has 29 heavy (non-hydrogen) atoms. The maximum Gasteiger partial charge on any atom is 0.192 e. The molecule has 0 spiro atoms. The van der Waals surface area contributed by atoms with Gasteiger partial charge < -0.3 is 8.99 Å². The van der Waals surface area contributed by atoms with Gasteiger partial charge in [-0.3, -0.25) is 0 Å². The second-order valence-corrected chi connectivity index (χ2v) is 14.8. The van der Waals surface area contributed by atoms with Crippen molar-refractivity contribution in [1.82, 2.24) is 4.57 Å². The van der Waals surface area contributed by atoms with E-state index in [1.165, 1.54) is 32.9 Å². The lowest BCUT2D eigenvalue weighted by atomic mass is 9.93. The van der Waals surface area contributed by atoms with Gasteiger partial charge in [-0.2, -0.15) is 0 Å². The normalized spacial score (nSPS) is 13.9. The molecule has 3 aromatic rings. The number of para-hydroxylation sites is 1. The molecule has 0 unspecified atom stereocenters. The molecule has 0 N–H and O–H groups in total. The van der Waals surface area contributed by atoms with Crippen molar-refractivity contribution in [2.24, 2.45) is 0 Å². The summed E-state index contributed by atoms with van der Waals surface area (Å²) in [7, 11) is -1.73. The maximum absolute atomic E-state index is 6.37. The lowest BCUT2D eigenvalue weighted by Crippen LogP contribution is -2.41. The molecule has 0 amide bonds. The minimum Gasteiger partial charge on any atom is -0.413 e. The molecule has 0 saturated carbocycles. The average molecular weight is 408 g/mol. The third-order valence-corrected chi connectivity index (χ3v) is 11.2. The standard InChI is InChI=1S/C26H37NOSi/c1-9-27-24-13-11-10-12-22(24)23-17-21(14-15-25(23)27)20(3)16-19(2)18-28-29(7,8)26(4,5)6/h10-15,17,20H,2,9,16,18H2,1,3-8H3/t20-/m1/s1. The monoisotopic (exact) mass is 407 g/mol. The minimum atomic E-state index is -1.73. The summed E-state index contributed by atoms with van der Waals surface area (Å²) in [6.07, 6.45) is 0.965. The molecule has 2 nitrogen and oxygen atoms in total. The first kappa shape index (κ1) is 21.9. The van der Waals surface area contributed by atoms with E-state index in [0.717, 1.165) is 13.0 Å². The van der Waals surface area contributed by atoms with Crippen LogP contribution in [0.1, 0.15) is 52.5 Å². The largest absolute Gasteiger partial charge is 0.413 e. The van der Waals surface area contributed by atoms with E-state index in [1.807, 2.05) is 0 Å².